The molecule has 33 heavy (non-hydrogen) atoms. The molecule has 0 saturated carbocycles. The number of nitrogens with one attached hydrogen (secondary N) is 1. The highest BCUT2D eigenvalue weighted by Crippen LogP contribution is 2.43. The number of aromatic nitrogens is 2. The molecule has 6 nitrogen and oxygen atoms in total. The molecule has 3 aromatic rings. The third-order valence-electron chi connectivity index (χ3n) is 6.24. The Kier molecular flexibility index (Phi) is 5.35. The van der Waals surface area contributed by atoms with E-state index in [1.807, 2.05) is 26.0 Å². The number of fused-ring (bicyclic) bond motifs is 2. The predicted molar refractivity (Wildman–Crippen MR) is 120 cm³/mol. The molecule has 1 aromatic heterocycles. The number of aliphatic hydroxyl groups excluding tert-OH is 1. The van der Waals surface area contributed by atoms with Gasteiger partial charge in [-0.15, -0.1) is 0 Å². The zero-order valence-corrected chi connectivity index (χ0v) is 19.0. The Labute approximate surface area is 189 Å². The largest absolute Gasteiger partial charge is 0.390 e. The first-order valence-electron chi connectivity index (χ1n) is 10.5. The summed E-state index contributed by atoms with van der Waals surface area (Å²) in [6.07, 6.45) is 0. The number of carbonyl (C=O) groups is 1. The second-order valence-corrected chi connectivity index (χ2v) is 8.93. The zero-order chi connectivity index (χ0) is 24.3. The molecule has 0 aliphatic carbocycles. The molecule has 174 valence electrons. The van der Waals surface area contributed by atoms with Gasteiger partial charge in [0, 0.05) is 23.7 Å². The number of carbonyl (C=O) groups excluding carboxylic acids is 1. The van der Waals surface area contributed by atoms with E-state index in [1.165, 1.54) is 12.1 Å². The number of hydrogen-bond donors (Lipinski definition) is 2. The molecule has 9 heteroatoms. The van der Waals surface area contributed by atoms with Gasteiger partial charge in [-0.1, -0.05) is 12.1 Å². The average molecular weight is 458 g/mol. The fourth-order valence-corrected chi connectivity index (χ4v) is 4.35. The molecule has 2 N–H and O–H groups in total. The quantitative estimate of drug-likeness (QED) is 0.585. The standard InChI is InChI=1S/C24H25F3N4O2/c1-12(14-7-6-8-16(20(14)25)24(26,27)11-32)28-21-15-9-17-19(10-18(15)29-13(2)30-21)31(5)22(33)23(17,3)4/h6-10,12,32H,11H2,1-5H3,(H,28,29,30). The van der Waals surface area contributed by atoms with Crippen LogP contribution in [-0.4, -0.2) is 34.6 Å². The Hall–Kier alpha value is -3.20. The van der Waals surface area contributed by atoms with Crippen molar-refractivity contribution in [3.8, 4) is 0 Å². The molecule has 0 spiro atoms. The zero-order valence-electron chi connectivity index (χ0n) is 19.0. The highest BCUT2D eigenvalue weighted by atomic mass is 19.3. The van der Waals surface area contributed by atoms with Crippen LogP contribution in [0.25, 0.3) is 10.9 Å². The van der Waals surface area contributed by atoms with Crippen LogP contribution >= 0.6 is 0 Å². The van der Waals surface area contributed by atoms with Crippen LogP contribution in [0.4, 0.5) is 24.7 Å². The van der Waals surface area contributed by atoms with Crippen LogP contribution < -0.4 is 10.2 Å². The van der Waals surface area contributed by atoms with Gasteiger partial charge < -0.3 is 15.3 Å². The lowest BCUT2D eigenvalue weighted by atomic mass is 9.85. The minimum absolute atomic E-state index is 0.0152. The number of aryl methyl sites for hydroxylation is 1. The second kappa shape index (κ2) is 7.69. The monoisotopic (exact) mass is 458 g/mol. The number of halogens is 3. The first-order chi connectivity index (χ1) is 15.4. The molecule has 1 amide bonds. The van der Waals surface area contributed by atoms with E-state index in [4.69, 9.17) is 5.11 Å². The highest BCUT2D eigenvalue weighted by Gasteiger charge is 2.42. The third-order valence-corrected chi connectivity index (χ3v) is 6.24. The first kappa shape index (κ1) is 23.0. The van der Waals surface area contributed by atoms with Gasteiger partial charge in [0.15, 0.2) is 0 Å². The van der Waals surface area contributed by atoms with Gasteiger partial charge in [-0.25, -0.2) is 14.4 Å². The molecule has 0 fully saturated rings. The summed E-state index contributed by atoms with van der Waals surface area (Å²) in [6.45, 7) is 5.55. The van der Waals surface area contributed by atoms with Crippen molar-refractivity contribution < 1.29 is 23.1 Å². The minimum Gasteiger partial charge on any atom is -0.390 e. The van der Waals surface area contributed by atoms with Crippen molar-refractivity contribution in [2.45, 2.75) is 45.1 Å². The maximum absolute atomic E-state index is 15.0. The minimum atomic E-state index is -3.69. The van der Waals surface area contributed by atoms with Crippen LogP contribution in [0.15, 0.2) is 30.3 Å². The van der Waals surface area contributed by atoms with E-state index < -0.39 is 35.4 Å². The summed E-state index contributed by atoms with van der Waals surface area (Å²) in [5.74, 6) is -3.94. The first-order valence-corrected chi connectivity index (χ1v) is 10.5. The van der Waals surface area contributed by atoms with Crippen molar-refractivity contribution >= 4 is 28.3 Å². The van der Waals surface area contributed by atoms with E-state index >= 15 is 0 Å². The Morgan fingerprint density at radius 2 is 1.94 bits per heavy atom. The summed E-state index contributed by atoms with van der Waals surface area (Å²) in [5.41, 5.74) is 0.611. The fourth-order valence-electron chi connectivity index (χ4n) is 4.35. The predicted octanol–water partition coefficient (Wildman–Crippen LogP) is 4.59. The van der Waals surface area contributed by atoms with Crippen LogP contribution in [0.3, 0.4) is 0 Å². The summed E-state index contributed by atoms with van der Waals surface area (Å²) in [7, 11) is 1.72. The molecular formula is C24H25F3N4O2. The lowest BCUT2D eigenvalue weighted by Gasteiger charge is -2.21. The van der Waals surface area contributed by atoms with Crippen LogP contribution in [0, 0.1) is 12.7 Å². The SMILES string of the molecule is Cc1nc(NC(C)c2cccc(C(F)(F)CO)c2F)c2cc3c(cc2n1)N(C)C(=O)C3(C)C. The van der Waals surface area contributed by atoms with Gasteiger partial charge in [0.2, 0.25) is 5.91 Å². The number of benzene rings is 2. The molecule has 1 unspecified atom stereocenters. The molecule has 2 aromatic carbocycles. The Bertz CT molecular complexity index is 1280. The lowest BCUT2D eigenvalue weighted by molar-refractivity contribution is -0.121. The average Bonchev–Trinajstić information content (AvgIpc) is 2.92. The molecule has 1 aliphatic heterocycles. The van der Waals surface area contributed by atoms with Crippen molar-refractivity contribution in [3.63, 3.8) is 0 Å². The van der Waals surface area contributed by atoms with Gasteiger partial charge in [-0.05, 0) is 51.5 Å². The van der Waals surface area contributed by atoms with Gasteiger partial charge >= 0.3 is 0 Å². The van der Waals surface area contributed by atoms with Crippen molar-refractivity contribution in [1.82, 2.24) is 9.97 Å². The van der Waals surface area contributed by atoms with E-state index in [0.29, 0.717) is 22.5 Å². The van der Waals surface area contributed by atoms with E-state index in [-0.39, 0.29) is 11.5 Å². The molecule has 0 saturated heterocycles. The highest BCUT2D eigenvalue weighted by molar-refractivity contribution is 6.10. The maximum Gasteiger partial charge on any atom is 0.298 e. The number of anilines is 2. The second-order valence-electron chi connectivity index (χ2n) is 8.93. The number of nitrogens with zero attached hydrogens (tertiary/aromatic N) is 3. The number of rotatable bonds is 5. The molecule has 0 bridgehead atoms. The summed E-state index contributed by atoms with van der Waals surface area (Å²) >= 11 is 0. The van der Waals surface area contributed by atoms with Crippen LogP contribution in [0.1, 0.15) is 49.3 Å². The Morgan fingerprint density at radius 1 is 1.24 bits per heavy atom. The van der Waals surface area contributed by atoms with Gasteiger partial charge in [-0.3, -0.25) is 4.79 Å². The maximum atomic E-state index is 15.0. The summed E-state index contributed by atoms with van der Waals surface area (Å²) < 4.78 is 42.9. The Balaban J connectivity index is 1.80. The summed E-state index contributed by atoms with van der Waals surface area (Å²) in [4.78, 5) is 23.3. The van der Waals surface area contributed by atoms with Crippen LogP contribution in [-0.2, 0) is 16.1 Å². The van der Waals surface area contributed by atoms with Gasteiger partial charge in [0.05, 0.1) is 22.5 Å². The van der Waals surface area contributed by atoms with E-state index in [1.54, 1.807) is 25.8 Å². The van der Waals surface area contributed by atoms with E-state index in [2.05, 4.69) is 15.3 Å². The molecule has 0 radical (unpaired) electrons. The van der Waals surface area contributed by atoms with Crippen LogP contribution in [0.2, 0.25) is 0 Å². The van der Waals surface area contributed by atoms with Crippen LogP contribution in [0.5, 0.6) is 0 Å². The normalized spacial score (nSPS) is 16.3. The number of hydrogen-bond acceptors (Lipinski definition) is 5. The number of amides is 1. The van der Waals surface area contributed by atoms with Crippen molar-refractivity contribution in [1.29, 1.82) is 0 Å². The number of aliphatic hydroxyl groups is 1. The fraction of sp³-hybridized carbons (Fsp3) is 0.375. The number of likely N-dealkylation sites (N-methyl/N-ethyl adjacent to an activating group) is 1. The van der Waals surface area contributed by atoms with Crippen molar-refractivity contribution in [2.24, 2.45) is 0 Å². The third kappa shape index (κ3) is 3.60. The van der Waals surface area contributed by atoms with Gasteiger partial charge in [0.25, 0.3) is 5.92 Å². The molecule has 2 heterocycles. The Morgan fingerprint density at radius 3 is 2.61 bits per heavy atom. The summed E-state index contributed by atoms with van der Waals surface area (Å²) in [6, 6.07) is 6.66. The van der Waals surface area contributed by atoms with Crippen molar-refractivity contribution in [3.05, 3.63) is 58.7 Å². The van der Waals surface area contributed by atoms with Gasteiger partial charge in [0.1, 0.15) is 24.1 Å². The van der Waals surface area contributed by atoms with E-state index in [9.17, 15) is 18.0 Å². The van der Waals surface area contributed by atoms with E-state index in [0.717, 1.165) is 17.3 Å². The smallest absolute Gasteiger partial charge is 0.298 e. The lowest BCUT2D eigenvalue weighted by Crippen LogP contribution is -2.33. The molecule has 4 rings (SSSR count). The summed E-state index contributed by atoms with van der Waals surface area (Å²) in [5, 5.41) is 12.7. The molecule has 1 atom stereocenters. The number of alkyl halides is 2. The topological polar surface area (TPSA) is 78.4 Å². The van der Waals surface area contributed by atoms with Crippen molar-refractivity contribution in [2.75, 3.05) is 23.9 Å². The molecular weight excluding hydrogens is 433 g/mol. The molecule has 1 aliphatic rings. The van der Waals surface area contributed by atoms with Gasteiger partial charge in [-0.2, -0.15) is 8.78 Å².